The summed E-state index contributed by atoms with van der Waals surface area (Å²) in [5.41, 5.74) is 4.04. The number of rotatable bonds is 5. The minimum Gasteiger partial charge on any atom is -0.486 e. The van der Waals surface area contributed by atoms with Crippen molar-refractivity contribution >= 4 is 16.8 Å². The third kappa shape index (κ3) is 4.05. The molecule has 2 aromatic heterocycles. The van der Waals surface area contributed by atoms with Gasteiger partial charge in [0.2, 0.25) is 0 Å². The van der Waals surface area contributed by atoms with Crippen molar-refractivity contribution in [3.63, 3.8) is 0 Å². The van der Waals surface area contributed by atoms with E-state index >= 15 is 0 Å². The van der Waals surface area contributed by atoms with Gasteiger partial charge in [0.25, 0.3) is 5.91 Å². The Kier molecular flexibility index (Phi) is 5.19. The first-order valence-corrected chi connectivity index (χ1v) is 10.2. The smallest absolute Gasteiger partial charge is 0.252 e. The standard InChI is InChI=1S/C25H21N3O3/c29-25(27-11-9-17-4-3-10-26-16-17)20-15-22(28-21-6-2-1-5-19(20)21)18-7-8-23-24(14-18)31-13-12-30-23/h1-8,10,14-16H,9,11-13H2,(H,27,29). The first kappa shape index (κ1) is 19.1. The van der Waals surface area contributed by atoms with Crippen LogP contribution in [0.15, 0.2) is 73.1 Å². The molecule has 2 aromatic carbocycles. The molecule has 1 amide bonds. The number of benzene rings is 2. The third-order valence-corrected chi connectivity index (χ3v) is 5.22. The number of ether oxygens (including phenoxy) is 2. The number of hydrogen-bond acceptors (Lipinski definition) is 5. The monoisotopic (exact) mass is 411 g/mol. The van der Waals surface area contributed by atoms with Gasteiger partial charge in [0.1, 0.15) is 13.2 Å². The Balaban J connectivity index is 1.45. The largest absolute Gasteiger partial charge is 0.486 e. The van der Waals surface area contributed by atoms with E-state index in [9.17, 15) is 4.79 Å². The van der Waals surface area contributed by atoms with Crippen LogP contribution in [0.4, 0.5) is 0 Å². The van der Waals surface area contributed by atoms with Gasteiger partial charge in [0, 0.05) is 29.9 Å². The summed E-state index contributed by atoms with van der Waals surface area (Å²) in [4.78, 5) is 22.0. The van der Waals surface area contributed by atoms with Crippen LogP contribution in [0.5, 0.6) is 11.5 Å². The molecule has 6 nitrogen and oxygen atoms in total. The summed E-state index contributed by atoms with van der Waals surface area (Å²) in [6, 6.07) is 19.2. The summed E-state index contributed by atoms with van der Waals surface area (Å²) in [5.74, 6) is 1.30. The first-order valence-electron chi connectivity index (χ1n) is 10.2. The van der Waals surface area contributed by atoms with Crippen molar-refractivity contribution in [1.29, 1.82) is 0 Å². The summed E-state index contributed by atoms with van der Waals surface area (Å²) >= 11 is 0. The number of aromatic nitrogens is 2. The van der Waals surface area contributed by atoms with E-state index in [2.05, 4.69) is 10.3 Å². The molecule has 154 valence electrons. The molecule has 0 saturated carbocycles. The van der Waals surface area contributed by atoms with Gasteiger partial charge in [-0.15, -0.1) is 0 Å². The number of carbonyl (C=O) groups excluding carboxylic acids is 1. The van der Waals surface area contributed by atoms with Gasteiger partial charge in [-0.05, 0) is 48.4 Å². The number of nitrogens with zero attached hydrogens (tertiary/aromatic N) is 2. The molecule has 0 spiro atoms. The molecule has 3 heterocycles. The van der Waals surface area contributed by atoms with Gasteiger partial charge >= 0.3 is 0 Å². The van der Waals surface area contributed by atoms with E-state index in [0.29, 0.717) is 36.8 Å². The van der Waals surface area contributed by atoms with E-state index in [1.165, 1.54) is 0 Å². The van der Waals surface area contributed by atoms with E-state index in [0.717, 1.165) is 34.2 Å². The number of pyridine rings is 2. The Labute approximate surface area is 179 Å². The van der Waals surface area contributed by atoms with Crippen molar-refractivity contribution in [2.75, 3.05) is 19.8 Å². The first-order chi connectivity index (χ1) is 15.3. The van der Waals surface area contributed by atoms with Gasteiger partial charge in [-0.25, -0.2) is 4.98 Å². The summed E-state index contributed by atoms with van der Waals surface area (Å²) in [6.45, 7) is 1.59. The number of para-hydroxylation sites is 1. The number of hydrogen-bond donors (Lipinski definition) is 1. The number of carbonyl (C=O) groups is 1. The van der Waals surface area contributed by atoms with Crippen LogP contribution in [-0.2, 0) is 6.42 Å². The summed E-state index contributed by atoms with van der Waals surface area (Å²) in [6.07, 6.45) is 4.27. The molecular formula is C25H21N3O3. The lowest BCUT2D eigenvalue weighted by atomic mass is 10.0. The minimum absolute atomic E-state index is 0.124. The fourth-order valence-corrected chi connectivity index (χ4v) is 3.68. The number of fused-ring (bicyclic) bond motifs is 2. The highest BCUT2D eigenvalue weighted by molar-refractivity contribution is 6.07. The zero-order chi connectivity index (χ0) is 21.0. The molecule has 0 radical (unpaired) electrons. The Morgan fingerprint density at radius 1 is 0.968 bits per heavy atom. The zero-order valence-electron chi connectivity index (χ0n) is 16.9. The fourth-order valence-electron chi connectivity index (χ4n) is 3.68. The van der Waals surface area contributed by atoms with Crippen LogP contribution in [-0.4, -0.2) is 35.6 Å². The maximum atomic E-state index is 13.1. The third-order valence-electron chi connectivity index (χ3n) is 5.22. The van der Waals surface area contributed by atoms with Crippen LogP contribution in [0.25, 0.3) is 22.2 Å². The van der Waals surface area contributed by atoms with Crippen molar-refractivity contribution in [3.05, 3.63) is 84.2 Å². The van der Waals surface area contributed by atoms with Gasteiger partial charge < -0.3 is 14.8 Å². The SMILES string of the molecule is O=C(NCCc1cccnc1)c1cc(-c2ccc3c(c2)OCCO3)nc2ccccc12. The quantitative estimate of drug-likeness (QED) is 0.537. The van der Waals surface area contributed by atoms with E-state index < -0.39 is 0 Å². The molecule has 4 aromatic rings. The van der Waals surface area contributed by atoms with Gasteiger partial charge in [0.15, 0.2) is 11.5 Å². The Morgan fingerprint density at radius 2 is 1.84 bits per heavy atom. The predicted octanol–water partition coefficient (Wildman–Crippen LogP) is 4.04. The zero-order valence-corrected chi connectivity index (χ0v) is 16.9. The van der Waals surface area contributed by atoms with Gasteiger partial charge in [-0.1, -0.05) is 24.3 Å². The van der Waals surface area contributed by atoms with Crippen molar-refractivity contribution in [2.45, 2.75) is 6.42 Å². The average molecular weight is 411 g/mol. The maximum Gasteiger partial charge on any atom is 0.252 e. The van der Waals surface area contributed by atoms with Gasteiger partial charge in [-0.3, -0.25) is 9.78 Å². The summed E-state index contributed by atoms with van der Waals surface area (Å²) in [5, 5.41) is 3.85. The Hall–Kier alpha value is -3.93. The Bertz CT molecular complexity index is 1240. The lowest BCUT2D eigenvalue weighted by molar-refractivity contribution is 0.0955. The predicted molar refractivity (Wildman–Crippen MR) is 118 cm³/mol. The molecule has 1 aliphatic rings. The number of nitrogens with one attached hydrogen (secondary N) is 1. The lowest BCUT2D eigenvalue weighted by Crippen LogP contribution is -2.26. The van der Waals surface area contributed by atoms with Crippen LogP contribution in [0.3, 0.4) is 0 Å². The van der Waals surface area contributed by atoms with Crippen LogP contribution < -0.4 is 14.8 Å². The number of amides is 1. The highest BCUT2D eigenvalue weighted by Crippen LogP contribution is 2.35. The Morgan fingerprint density at radius 3 is 2.71 bits per heavy atom. The van der Waals surface area contributed by atoms with Crippen LogP contribution >= 0.6 is 0 Å². The fraction of sp³-hybridized carbons (Fsp3) is 0.160. The summed E-state index contributed by atoms with van der Waals surface area (Å²) < 4.78 is 11.3. The molecule has 31 heavy (non-hydrogen) atoms. The minimum atomic E-state index is -0.124. The molecule has 0 fully saturated rings. The van der Waals surface area contributed by atoms with Crippen LogP contribution in [0, 0.1) is 0 Å². The summed E-state index contributed by atoms with van der Waals surface area (Å²) in [7, 11) is 0. The van der Waals surface area contributed by atoms with E-state index in [1.54, 1.807) is 6.20 Å². The molecular weight excluding hydrogens is 390 g/mol. The molecule has 6 heteroatoms. The molecule has 1 aliphatic heterocycles. The van der Waals surface area contributed by atoms with Crippen molar-refractivity contribution < 1.29 is 14.3 Å². The molecule has 0 atom stereocenters. The molecule has 0 saturated heterocycles. The molecule has 0 bridgehead atoms. The molecule has 0 aliphatic carbocycles. The molecule has 1 N–H and O–H groups in total. The van der Waals surface area contributed by atoms with E-state index in [-0.39, 0.29) is 5.91 Å². The highest BCUT2D eigenvalue weighted by Gasteiger charge is 2.16. The second-order valence-electron chi connectivity index (χ2n) is 7.30. The van der Waals surface area contributed by atoms with Crippen LogP contribution in [0.1, 0.15) is 15.9 Å². The van der Waals surface area contributed by atoms with Gasteiger partial charge in [-0.2, -0.15) is 0 Å². The lowest BCUT2D eigenvalue weighted by Gasteiger charge is -2.19. The van der Waals surface area contributed by atoms with E-state index in [1.807, 2.05) is 66.9 Å². The van der Waals surface area contributed by atoms with Crippen molar-refractivity contribution in [2.24, 2.45) is 0 Å². The van der Waals surface area contributed by atoms with Crippen molar-refractivity contribution in [3.8, 4) is 22.8 Å². The van der Waals surface area contributed by atoms with Crippen LogP contribution in [0.2, 0.25) is 0 Å². The second kappa shape index (κ2) is 8.44. The van der Waals surface area contributed by atoms with E-state index in [4.69, 9.17) is 14.5 Å². The molecule has 5 rings (SSSR count). The van der Waals surface area contributed by atoms with Gasteiger partial charge in [0.05, 0.1) is 16.8 Å². The topological polar surface area (TPSA) is 73.3 Å². The highest BCUT2D eigenvalue weighted by atomic mass is 16.6. The van der Waals surface area contributed by atoms with Crippen molar-refractivity contribution in [1.82, 2.24) is 15.3 Å². The average Bonchev–Trinajstić information content (AvgIpc) is 2.83. The second-order valence-corrected chi connectivity index (χ2v) is 7.30. The normalized spacial score (nSPS) is 12.5. The molecule has 0 unspecified atom stereocenters. The maximum absolute atomic E-state index is 13.1.